The van der Waals surface area contributed by atoms with Crippen LogP contribution in [0.25, 0.3) is 0 Å². The molecule has 0 aromatic heterocycles. The summed E-state index contributed by atoms with van der Waals surface area (Å²) in [5, 5.41) is 9.08. The Morgan fingerprint density at radius 3 is 2.57 bits per heavy atom. The summed E-state index contributed by atoms with van der Waals surface area (Å²) >= 11 is 3.12. The highest BCUT2D eigenvalue weighted by Gasteiger charge is 2.26. The highest BCUT2D eigenvalue weighted by Crippen LogP contribution is 2.26. The van der Waals surface area contributed by atoms with Gasteiger partial charge in [0.25, 0.3) is 0 Å². The van der Waals surface area contributed by atoms with Crippen molar-refractivity contribution in [1.82, 2.24) is 4.31 Å². The molecule has 0 radical (unpaired) electrons. The van der Waals surface area contributed by atoms with Gasteiger partial charge in [-0.3, -0.25) is 0 Å². The quantitative estimate of drug-likeness (QED) is 0.782. The van der Waals surface area contributed by atoms with Crippen LogP contribution >= 0.6 is 15.9 Å². The zero-order chi connectivity index (χ0) is 16.2. The molecule has 0 unspecified atom stereocenters. The fourth-order valence-corrected chi connectivity index (χ4v) is 3.57. The number of nitrogens with zero attached hydrogens (tertiary/aromatic N) is 1. The van der Waals surface area contributed by atoms with Crippen molar-refractivity contribution in [1.29, 1.82) is 0 Å². The third kappa shape index (κ3) is 4.72. The van der Waals surface area contributed by atoms with E-state index in [1.807, 2.05) is 13.8 Å². The van der Waals surface area contributed by atoms with E-state index in [-0.39, 0.29) is 24.8 Å². The van der Waals surface area contributed by atoms with Crippen LogP contribution in [-0.2, 0) is 21.4 Å². The van der Waals surface area contributed by atoms with E-state index in [9.17, 15) is 12.8 Å². The molecule has 0 aliphatic rings. The van der Waals surface area contributed by atoms with Gasteiger partial charge in [0.15, 0.2) is 0 Å². The van der Waals surface area contributed by atoms with Crippen molar-refractivity contribution < 1.29 is 22.7 Å². The van der Waals surface area contributed by atoms with Crippen LogP contribution in [0.4, 0.5) is 4.39 Å². The molecule has 21 heavy (non-hydrogen) atoms. The summed E-state index contributed by atoms with van der Waals surface area (Å²) in [6, 6.07) is 2.53. The molecule has 0 aliphatic heterocycles. The van der Waals surface area contributed by atoms with Crippen molar-refractivity contribution in [3.63, 3.8) is 0 Å². The van der Waals surface area contributed by atoms with Gasteiger partial charge in [0.2, 0.25) is 10.0 Å². The van der Waals surface area contributed by atoms with E-state index >= 15 is 0 Å². The van der Waals surface area contributed by atoms with Crippen LogP contribution in [0.5, 0.6) is 0 Å². The summed E-state index contributed by atoms with van der Waals surface area (Å²) in [5.74, 6) is -0.933. The fourth-order valence-electron chi connectivity index (χ4n) is 1.63. The molecule has 5 nitrogen and oxygen atoms in total. The van der Waals surface area contributed by atoms with Gasteiger partial charge in [-0.05, 0) is 26.0 Å². The van der Waals surface area contributed by atoms with Gasteiger partial charge in [0, 0.05) is 23.6 Å². The van der Waals surface area contributed by atoms with E-state index < -0.39 is 27.3 Å². The number of aliphatic hydroxyl groups excluding tert-OH is 1. The predicted octanol–water partition coefficient (Wildman–Crippen LogP) is 2.13. The lowest BCUT2D eigenvalue weighted by Crippen LogP contribution is -2.31. The van der Waals surface area contributed by atoms with Crippen LogP contribution in [0.2, 0.25) is 0 Å². The zero-order valence-corrected chi connectivity index (χ0v) is 14.5. The Bertz CT molecular complexity index is 592. The Balaban J connectivity index is 3.05. The van der Waals surface area contributed by atoms with E-state index in [1.165, 1.54) is 19.2 Å². The Labute approximate surface area is 132 Å². The van der Waals surface area contributed by atoms with Crippen LogP contribution in [0.1, 0.15) is 19.4 Å². The second kappa shape index (κ2) is 7.64. The maximum absolute atomic E-state index is 14.1. The molecule has 0 saturated heterocycles. The van der Waals surface area contributed by atoms with Crippen LogP contribution in [-0.4, -0.2) is 44.1 Å². The number of benzene rings is 1. The van der Waals surface area contributed by atoms with Crippen molar-refractivity contribution >= 4 is 26.0 Å². The van der Waals surface area contributed by atoms with Crippen LogP contribution in [0, 0.1) is 5.82 Å². The summed E-state index contributed by atoms with van der Waals surface area (Å²) in [6.45, 7) is 3.44. The van der Waals surface area contributed by atoms with Gasteiger partial charge in [-0.15, -0.1) is 0 Å². The molecule has 1 aromatic rings. The predicted molar refractivity (Wildman–Crippen MR) is 80.9 cm³/mol. The molecule has 0 atom stereocenters. The highest BCUT2D eigenvalue weighted by molar-refractivity contribution is 9.10. The van der Waals surface area contributed by atoms with E-state index in [4.69, 9.17) is 9.84 Å². The fraction of sp³-hybridized carbons (Fsp3) is 0.538. The van der Waals surface area contributed by atoms with Crippen LogP contribution < -0.4 is 0 Å². The maximum Gasteiger partial charge on any atom is 0.245 e. The minimum atomic E-state index is -3.99. The van der Waals surface area contributed by atoms with E-state index in [2.05, 4.69) is 15.9 Å². The Morgan fingerprint density at radius 1 is 1.43 bits per heavy atom. The molecule has 0 bridgehead atoms. The zero-order valence-electron chi connectivity index (χ0n) is 12.1. The first-order valence-electron chi connectivity index (χ1n) is 6.36. The molecule has 0 saturated carbocycles. The summed E-state index contributed by atoms with van der Waals surface area (Å²) in [5.41, 5.74) is -0.0743. The number of sulfonamides is 1. The Kier molecular flexibility index (Phi) is 6.73. The van der Waals surface area contributed by atoms with Gasteiger partial charge >= 0.3 is 0 Å². The van der Waals surface area contributed by atoms with E-state index in [1.54, 1.807) is 0 Å². The lowest BCUT2D eigenvalue weighted by atomic mass is 10.2. The molecule has 0 heterocycles. The third-order valence-electron chi connectivity index (χ3n) is 2.80. The lowest BCUT2D eigenvalue weighted by Gasteiger charge is -2.19. The van der Waals surface area contributed by atoms with Gasteiger partial charge in [0.05, 0.1) is 19.3 Å². The van der Waals surface area contributed by atoms with E-state index in [0.29, 0.717) is 4.47 Å². The third-order valence-corrected chi connectivity index (χ3v) is 5.11. The number of rotatable bonds is 7. The molecule has 120 valence electrons. The van der Waals surface area contributed by atoms with Gasteiger partial charge in [-0.1, -0.05) is 15.9 Å². The van der Waals surface area contributed by atoms with Gasteiger partial charge in [-0.2, -0.15) is 4.31 Å². The van der Waals surface area contributed by atoms with Crippen LogP contribution in [0.15, 0.2) is 21.5 Å². The average molecular weight is 384 g/mol. The molecule has 8 heteroatoms. The standard InChI is InChI=1S/C13H19BrFNO4S/c1-9(2)20-5-4-16(3)21(18,19)12-7-11(14)6-10(8-17)13(12)15/h6-7,9,17H,4-5,8H2,1-3H3. The molecule has 1 N–H and O–H groups in total. The largest absolute Gasteiger partial charge is 0.392 e. The molecule has 0 spiro atoms. The van der Waals surface area contributed by atoms with Crippen molar-refractivity contribution in [3.8, 4) is 0 Å². The average Bonchev–Trinajstić information content (AvgIpc) is 2.40. The first-order chi connectivity index (χ1) is 9.70. The minimum absolute atomic E-state index is 0.00954. The summed E-state index contributed by atoms with van der Waals surface area (Å²) < 4.78 is 45.6. The molecule has 0 amide bonds. The normalized spacial score (nSPS) is 12.4. The smallest absolute Gasteiger partial charge is 0.245 e. The highest BCUT2D eigenvalue weighted by atomic mass is 79.9. The molecule has 0 aliphatic carbocycles. The molecule has 1 aromatic carbocycles. The SMILES string of the molecule is CC(C)OCCN(C)S(=O)(=O)c1cc(Br)cc(CO)c1F. The number of hydrogen-bond donors (Lipinski definition) is 1. The van der Waals surface area contributed by atoms with Crippen molar-refractivity contribution in [2.45, 2.75) is 31.5 Å². The first kappa shape index (κ1) is 18.5. The van der Waals surface area contributed by atoms with Crippen molar-refractivity contribution in [2.75, 3.05) is 20.2 Å². The van der Waals surface area contributed by atoms with Crippen LogP contribution in [0.3, 0.4) is 0 Å². The lowest BCUT2D eigenvalue weighted by molar-refractivity contribution is 0.0737. The number of ether oxygens (including phenoxy) is 1. The molecular formula is C13H19BrFNO4S. The number of hydrogen-bond acceptors (Lipinski definition) is 4. The van der Waals surface area contributed by atoms with Crippen molar-refractivity contribution in [2.24, 2.45) is 0 Å². The van der Waals surface area contributed by atoms with Crippen molar-refractivity contribution in [3.05, 3.63) is 28.0 Å². The topological polar surface area (TPSA) is 66.8 Å². The van der Waals surface area contributed by atoms with Gasteiger partial charge in [0.1, 0.15) is 10.7 Å². The Morgan fingerprint density at radius 2 is 2.05 bits per heavy atom. The number of aliphatic hydroxyl groups is 1. The second-order valence-electron chi connectivity index (χ2n) is 4.78. The van der Waals surface area contributed by atoms with Gasteiger partial charge in [-0.25, -0.2) is 12.8 Å². The molecule has 0 fully saturated rings. The monoisotopic (exact) mass is 383 g/mol. The second-order valence-corrected chi connectivity index (χ2v) is 7.71. The van der Waals surface area contributed by atoms with E-state index in [0.717, 1.165) is 4.31 Å². The summed E-state index contributed by atoms with van der Waals surface area (Å²) in [7, 11) is -2.63. The first-order valence-corrected chi connectivity index (χ1v) is 8.60. The number of likely N-dealkylation sites (N-methyl/N-ethyl adjacent to an activating group) is 1. The maximum atomic E-state index is 14.1. The van der Waals surface area contributed by atoms with Gasteiger partial charge < -0.3 is 9.84 Å². The number of halogens is 2. The Hall–Kier alpha value is -0.540. The molecular weight excluding hydrogens is 365 g/mol. The minimum Gasteiger partial charge on any atom is -0.392 e. The summed E-state index contributed by atoms with van der Waals surface area (Å²) in [6.07, 6.45) is -0.00954. The summed E-state index contributed by atoms with van der Waals surface area (Å²) in [4.78, 5) is -0.465. The molecule has 1 rings (SSSR count).